The molecule has 2 aromatic rings. The quantitative estimate of drug-likeness (QED) is 0.638. The minimum Gasteiger partial charge on any atom is -0.351 e. The van der Waals surface area contributed by atoms with E-state index in [0.29, 0.717) is 42.7 Å². The number of nitrogens with one attached hydrogen (secondary N) is 1. The lowest BCUT2D eigenvalue weighted by atomic mass is 9.76. The van der Waals surface area contributed by atoms with E-state index in [4.69, 9.17) is 23.2 Å². The number of nitrogens with zero attached hydrogens (tertiary/aromatic N) is 4. The summed E-state index contributed by atoms with van der Waals surface area (Å²) >= 11 is 12.0. The first-order chi connectivity index (χ1) is 14.2. The van der Waals surface area contributed by atoms with Crippen LogP contribution >= 0.6 is 23.2 Å². The van der Waals surface area contributed by atoms with Crippen LogP contribution in [0.3, 0.4) is 0 Å². The number of carbonyl (C=O) groups is 1. The van der Waals surface area contributed by atoms with Gasteiger partial charge in [0.1, 0.15) is 0 Å². The molecule has 0 atom stereocenters. The van der Waals surface area contributed by atoms with Gasteiger partial charge in [0.25, 0.3) is 15.9 Å². The number of hydrogen-bond donors (Lipinski definition) is 1. The molecule has 1 aromatic heterocycles. The summed E-state index contributed by atoms with van der Waals surface area (Å²) in [7, 11) is -3.69. The van der Waals surface area contributed by atoms with E-state index in [1.807, 2.05) is 6.92 Å². The molecule has 1 aliphatic carbocycles. The Balaban J connectivity index is 1.44. The van der Waals surface area contributed by atoms with Gasteiger partial charge in [-0.2, -0.15) is 14.2 Å². The van der Waals surface area contributed by atoms with Gasteiger partial charge >= 0.3 is 0 Å². The molecule has 0 spiro atoms. The number of amides is 1. The molecule has 2 fully saturated rings. The Morgan fingerprint density at radius 2 is 2.03 bits per heavy atom. The molecule has 8 nitrogen and oxygen atoms in total. The molecular weight excluding hydrogens is 449 g/mol. The Hall–Kier alpha value is -1.68. The number of benzene rings is 1. The third kappa shape index (κ3) is 4.34. The van der Waals surface area contributed by atoms with Gasteiger partial charge in [-0.15, -0.1) is 5.10 Å². The molecule has 1 N–H and O–H groups in total. The second-order valence-corrected chi connectivity index (χ2v) is 10.8. The summed E-state index contributed by atoms with van der Waals surface area (Å²) in [5.74, 6) is 0.297. The van der Waals surface area contributed by atoms with Crippen LogP contribution in [0.2, 0.25) is 10.0 Å². The number of aromatic nitrogens is 3. The Bertz CT molecular complexity index is 1060. The number of sulfonamides is 1. The van der Waals surface area contributed by atoms with E-state index in [-0.39, 0.29) is 21.4 Å². The van der Waals surface area contributed by atoms with Crippen molar-refractivity contribution < 1.29 is 13.2 Å². The largest absolute Gasteiger partial charge is 0.351 e. The van der Waals surface area contributed by atoms with Crippen molar-refractivity contribution in [3.8, 4) is 0 Å². The standard InChI is InChI=1S/C19H23Cl2N5O3S/c1-2-26-23-9-17(24-26)30(28,29)25-11-19(12-25,8-13-3-4-13)10-22-18(27)15-6-5-14(20)7-16(15)21/h5-7,9,13H,2-4,8,10-12H2,1H3,(H,22,27). The van der Waals surface area contributed by atoms with Gasteiger partial charge in [-0.05, 0) is 37.5 Å². The lowest BCUT2D eigenvalue weighted by Crippen LogP contribution is -2.62. The van der Waals surface area contributed by atoms with Crippen molar-refractivity contribution in [3.05, 3.63) is 40.0 Å². The van der Waals surface area contributed by atoms with Crippen molar-refractivity contribution in [1.29, 1.82) is 0 Å². The second-order valence-electron chi connectivity index (χ2n) is 8.10. The van der Waals surface area contributed by atoms with Crippen LogP contribution in [0.1, 0.15) is 36.5 Å². The molecule has 1 saturated carbocycles. The normalized spacial score (nSPS) is 18.8. The van der Waals surface area contributed by atoms with Crippen LogP contribution in [0.15, 0.2) is 29.4 Å². The maximum Gasteiger partial charge on any atom is 0.264 e. The maximum absolute atomic E-state index is 12.9. The van der Waals surface area contributed by atoms with Gasteiger partial charge in [0.05, 0.1) is 23.3 Å². The van der Waals surface area contributed by atoms with E-state index in [1.165, 1.54) is 21.4 Å². The summed E-state index contributed by atoms with van der Waals surface area (Å²) in [4.78, 5) is 14.0. The fourth-order valence-corrected chi connectivity index (χ4v) is 5.86. The van der Waals surface area contributed by atoms with Crippen LogP contribution < -0.4 is 5.32 Å². The molecule has 0 bridgehead atoms. The SMILES string of the molecule is CCn1ncc(S(=O)(=O)N2CC(CNC(=O)c3ccc(Cl)cc3Cl)(CC3CC3)C2)n1. The summed E-state index contributed by atoms with van der Waals surface area (Å²) in [6, 6.07) is 4.73. The third-order valence-electron chi connectivity index (χ3n) is 5.64. The zero-order valence-corrected chi connectivity index (χ0v) is 18.8. The predicted octanol–water partition coefficient (Wildman–Crippen LogP) is 2.83. The highest BCUT2D eigenvalue weighted by Gasteiger charge is 2.51. The van der Waals surface area contributed by atoms with Crippen molar-refractivity contribution in [1.82, 2.24) is 24.6 Å². The molecule has 0 radical (unpaired) electrons. The highest BCUT2D eigenvalue weighted by Crippen LogP contribution is 2.46. The summed E-state index contributed by atoms with van der Waals surface area (Å²) in [5.41, 5.74) is 0.0615. The van der Waals surface area contributed by atoms with Crippen LogP contribution in [0, 0.1) is 11.3 Å². The van der Waals surface area contributed by atoms with Crippen LogP contribution in [-0.2, 0) is 16.6 Å². The highest BCUT2D eigenvalue weighted by atomic mass is 35.5. The Morgan fingerprint density at radius 1 is 1.30 bits per heavy atom. The number of rotatable bonds is 8. The van der Waals surface area contributed by atoms with Crippen molar-refractivity contribution in [2.24, 2.45) is 11.3 Å². The third-order valence-corrected chi connectivity index (χ3v) is 7.85. The predicted molar refractivity (Wildman–Crippen MR) is 113 cm³/mol. The fraction of sp³-hybridized carbons (Fsp3) is 0.526. The topological polar surface area (TPSA) is 97.2 Å². The molecule has 2 heterocycles. The minimum atomic E-state index is -3.69. The maximum atomic E-state index is 12.9. The van der Waals surface area contributed by atoms with Gasteiger partial charge in [-0.1, -0.05) is 36.0 Å². The summed E-state index contributed by atoms with van der Waals surface area (Å²) in [6.45, 7) is 3.42. The van der Waals surface area contributed by atoms with Crippen LogP contribution in [0.25, 0.3) is 0 Å². The van der Waals surface area contributed by atoms with Crippen molar-refractivity contribution in [2.75, 3.05) is 19.6 Å². The number of halogens is 2. The smallest absolute Gasteiger partial charge is 0.264 e. The molecule has 4 rings (SSSR count). The van der Waals surface area contributed by atoms with Crippen LogP contribution in [0.5, 0.6) is 0 Å². The first-order valence-electron chi connectivity index (χ1n) is 9.86. The lowest BCUT2D eigenvalue weighted by molar-refractivity contribution is 0.0505. The molecule has 1 aromatic carbocycles. The molecule has 162 valence electrons. The fourth-order valence-electron chi connectivity index (χ4n) is 3.84. The van der Waals surface area contributed by atoms with Gasteiger partial charge in [0, 0.05) is 30.1 Å². The molecule has 1 amide bonds. The van der Waals surface area contributed by atoms with Gasteiger partial charge in [-0.25, -0.2) is 8.42 Å². The summed E-state index contributed by atoms with van der Waals surface area (Å²) in [6.07, 6.45) is 4.46. The van der Waals surface area contributed by atoms with E-state index < -0.39 is 10.0 Å². The van der Waals surface area contributed by atoms with Gasteiger partial charge in [-0.3, -0.25) is 4.79 Å². The van der Waals surface area contributed by atoms with Gasteiger partial charge < -0.3 is 5.32 Å². The first-order valence-corrected chi connectivity index (χ1v) is 12.1. The van der Waals surface area contributed by atoms with E-state index in [2.05, 4.69) is 15.5 Å². The number of carbonyl (C=O) groups excluding carboxylic acids is 1. The monoisotopic (exact) mass is 471 g/mol. The van der Waals surface area contributed by atoms with Crippen molar-refractivity contribution in [2.45, 2.75) is 37.8 Å². The van der Waals surface area contributed by atoms with E-state index >= 15 is 0 Å². The van der Waals surface area contributed by atoms with Crippen LogP contribution in [0.4, 0.5) is 0 Å². The van der Waals surface area contributed by atoms with E-state index in [0.717, 1.165) is 19.3 Å². The Morgan fingerprint density at radius 3 is 2.63 bits per heavy atom. The number of hydrogen-bond acceptors (Lipinski definition) is 5. The molecular formula is C19H23Cl2N5O3S. The minimum absolute atomic E-state index is 0.0404. The molecule has 0 unspecified atom stereocenters. The average Bonchev–Trinajstić information content (AvgIpc) is 3.34. The van der Waals surface area contributed by atoms with Crippen molar-refractivity contribution >= 4 is 39.1 Å². The van der Waals surface area contributed by atoms with Crippen molar-refractivity contribution in [3.63, 3.8) is 0 Å². The van der Waals surface area contributed by atoms with Gasteiger partial charge in [0.2, 0.25) is 5.03 Å². The molecule has 30 heavy (non-hydrogen) atoms. The summed E-state index contributed by atoms with van der Waals surface area (Å²) in [5, 5.41) is 11.6. The average molecular weight is 472 g/mol. The highest BCUT2D eigenvalue weighted by molar-refractivity contribution is 7.89. The molecule has 1 saturated heterocycles. The second kappa shape index (κ2) is 8.11. The lowest BCUT2D eigenvalue weighted by Gasteiger charge is -2.49. The van der Waals surface area contributed by atoms with E-state index in [1.54, 1.807) is 12.1 Å². The first kappa shape index (κ1) is 21.5. The molecule has 2 aliphatic rings. The Kier molecular flexibility index (Phi) is 5.82. The van der Waals surface area contributed by atoms with E-state index in [9.17, 15) is 13.2 Å². The number of aryl methyl sites for hydroxylation is 1. The zero-order valence-electron chi connectivity index (χ0n) is 16.5. The summed E-state index contributed by atoms with van der Waals surface area (Å²) < 4.78 is 27.1. The zero-order chi connectivity index (χ0) is 21.5. The Labute approximate surface area is 185 Å². The molecule has 1 aliphatic heterocycles. The van der Waals surface area contributed by atoms with Crippen LogP contribution in [-0.4, -0.2) is 53.3 Å². The molecule has 11 heteroatoms. The van der Waals surface area contributed by atoms with Gasteiger partial charge in [0.15, 0.2) is 0 Å².